The topological polar surface area (TPSA) is 114 Å². The molecule has 0 heterocycles. The van der Waals surface area contributed by atoms with Gasteiger partial charge in [-0.2, -0.15) is 13.2 Å². The van der Waals surface area contributed by atoms with Crippen LogP contribution in [-0.4, -0.2) is 24.7 Å². The van der Waals surface area contributed by atoms with Gasteiger partial charge in [0.25, 0.3) is 0 Å². The van der Waals surface area contributed by atoms with Gasteiger partial charge in [0.05, 0.1) is 5.56 Å². The lowest BCUT2D eigenvalue weighted by Crippen LogP contribution is -2.19. The quantitative estimate of drug-likeness (QED) is 0.204. The van der Waals surface area contributed by atoms with Crippen LogP contribution in [-0.2, 0) is 16.1 Å². The number of benzene rings is 3. The molecule has 0 aliphatic carbocycles. The summed E-state index contributed by atoms with van der Waals surface area (Å²) in [4.78, 5) is 24.2. The van der Waals surface area contributed by atoms with Gasteiger partial charge >= 0.3 is 18.1 Å². The first-order valence-corrected chi connectivity index (χ1v) is 10.2. The van der Waals surface area contributed by atoms with Crippen LogP contribution in [0.4, 0.5) is 24.5 Å². The van der Waals surface area contributed by atoms with E-state index < -0.39 is 24.7 Å². The molecule has 182 valence electrons. The third-order valence-electron chi connectivity index (χ3n) is 4.53. The highest BCUT2D eigenvalue weighted by atomic mass is 19.4. The third-order valence-corrected chi connectivity index (χ3v) is 4.53. The van der Waals surface area contributed by atoms with E-state index in [2.05, 4.69) is 4.74 Å². The van der Waals surface area contributed by atoms with Gasteiger partial charge in [-0.25, -0.2) is 9.59 Å². The van der Waals surface area contributed by atoms with Gasteiger partial charge in [0.15, 0.2) is 6.61 Å². The molecule has 0 saturated heterocycles. The second kappa shape index (κ2) is 11.1. The van der Waals surface area contributed by atoms with Crippen molar-refractivity contribution in [2.75, 3.05) is 18.1 Å². The second-order valence-corrected chi connectivity index (χ2v) is 7.29. The highest BCUT2D eigenvalue weighted by Gasteiger charge is 2.28. The Morgan fingerprint density at radius 2 is 1.54 bits per heavy atom. The van der Waals surface area contributed by atoms with Gasteiger partial charge in [0, 0.05) is 23.0 Å². The summed E-state index contributed by atoms with van der Waals surface area (Å²) in [5.41, 5.74) is 13.8. The van der Waals surface area contributed by atoms with Gasteiger partial charge in [-0.05, 0) is 60.2 Å². The number of nitrogen functional groups attached to an aromatic ring is 2. The summed E-state index contributed by atoms with van der Waals surface area (Å²) in [6.07, 6.45) is -1.68. The first-order valence-electron chi connectivity index (χ1n) is 10.2. The number of carbonyl (C=O) groups excluding carboxylic acids is 2. The van der Waals surface area contributed by atoms with E-state index in [4.69, 9.17) is 20.9 Å². The Hall–Kier alpha value is -4.47. The molecule has 3 aromatic rings. The molecule has 0 spiro atoms. The molecule has 0 unspecified atom stereocenters. The van der Waals surface area contributed by atoms with Crippen molar-refractivity contribution in [1.82, 2.24) is 0 Å². The van der Waals surface area contributed by atoms with Gasteiger partial charge in [-0.3, -0.25) is 0 Å². The van der Waals surface area contributed by atoms with Crippen molar-refractivity contribution in [3.63, 3.8) is 0 Å². The van der Waals surface area contributed by atoms with Crippen molar-refractivity contribution < 1.29 is 37.0 Å². The van der Waals surface area contributed by atoms with E-state index in [1.165, 1.54) is 48.6 Å². The van der Waals surface area contributed by atoms with Gasteiger partial charge in [-0.15, -0.1) is 0 Å². The lowest BCUT2D eigenvalue weighted by Gasteiger charge is -2.09. The molecular weight excluding hydrogens is 465 g/mol. The Bertz CT molecular complexity index is 1210. The van der Waals surface area contributed by atoms with Gasteiger partial charge in [0.1, 0.15) is 18.1 Å². The van der Waals surface area contributed by atoms with Crippen LogP contribution >= 0.6 is 0 Å². The largest absolute Gasteiger partial charge is 0.484 e. The maximum absolute atomic E-state index is 12.2. The number of ether oxygens (including phenoxy) is 3. The highest BCUT2D eigenvalue weighted by Crippen LogP contribution is 2.21. The van der Waals surface area contributed by atoms with Crippen molar-refractivity contribution >= 4 is 29.4 Å². The van der Waals surface area contributed by atoms with E-state index in [-0.39, 0.29) is 23.7 Å². The van der Waals surface area contributed by atoms with E-state index in [1.54, 1.807) is 30.3 Å². The summed E-state index contributed by atoms with van der Waals surface area (Å²) < 4.78 is 51.6. The highest BCUT2D eigenvalue weighted by molar-refractivity contribution is 5.91. The van der Waals surface area contributed by atoms with E-state index in [0.29, 0.717) is 22.5 Å². The molecule has 7 nitrogen and oxygen atoms in total. The zero-order chi connectivity index (χ0) is 25.4. The molecule has 0 saturated carbocycles. The van der Waals surface area contributed by atoms with Crippen LogP contribution in [0.3, 0.4) is 0 Å². The summed E-state index contributed by atoms with van der Waals surface area (Å²) in [5.74, 6) is -1.04. The van der Waals surface area contributed by atoms with Crippen LogP contribution in [0.5, 0.6) is 11.5 Å². The smallest absolute Gasteiger partial charge is 0.422 e. The maximum atomic E-state index is 12.2. The summed E-state index contributed by atoms with van der Waals surface area (Å²) >= 11 is 0. The van der Waals surface area contributed by atoms with Gasteiger partial charge in [0.2, 0.25) is 0 Å². The average molecular weight is 486 g/mol. The minimum atomic E-state index is -4.45. The monoisotopic (exact) mass is 486 g/mol. The number of hydrogen-bond donors (Lipinski definition) is 2. The van der Waals surface area contributed by atoms with Crippen molar-refractivity contribution in [1.29, 1.82) is 0 Å². The van der Waals surface area contributed by atoms with Gasteiger partial charge < -0.3 is 25.7 Å². The Morgan fingerprint density at radius 1 is 0.886 bits per heavy atom. The molecule has 3 aromatic carbocycles. The van der Waals surface area contributed by atoms with Crippen LogP contribution in [0.15, 0.2) is 72.8 Å². The summed E-state index contributed by atoms with van der Waals surface area (Å²) in [6, 6.07) is 16.3. The normalized spacial score (nSPS) is 11.3. The molecule has 0 aliphatic heterocycles. The minimum Gasteiger partial charge on any atom is -0.484 e. The standard InChI is InChI=1S/C25H21F3N2O5/c26-25(27,28)15-34-20-10-5-17(6-11-20)24(32)35-21-8-1-16(2-9-21)3-12-23(31)33-14-18-4-7-19(29)13-22(18)30/h1-13H,14-15,29-30H2. The molecule has 0 amide bonds. The van der Waals surface area contributed by atoms with E-state index in [1.807, 2.05) is 0 Å². The summed E-state index contributed by atoms with van der Waals surface area (Å²) in [7, 11) is 0. The molecule has 4 N–H and O–H groups in total. The Morgan fingerprint density at radius 3 is 2.17 bits per heavy atom. The lowest BCUT2D eigenvalue weighted by atomic mass is 10.2. The van der Waals surface area contributed by atoms with E-state index >= 15 is 0 Å². The van der Waals surface area contributed by atoms with Crippen molar-refractivity contribution in [2.24, 2.45) is 0 Å². The van der Waals surface area contributed by atoms with Crippen LogP contribution in [0.25, 0.3) is 6.08 Å². The first-order chi connectivity index (χ1) is 16.6. The number of esters is 2. The second-order valence-electron chi connectivity index (χ2n) is 7.29. The lowest BCUT2D eigenvalue weighted by molar-refractivity contribution is -0.153. The summed E-state index contributed by atoms with van der Waals surface area (Å²) in [5, 5.41) is 0. The number of rotatable bonds is 8. The van der Waals surface area contributed by atoms with Gasteiger partial charge in [-0.1, -0.05) is 18.2 Å². The predicted molar refractivity (Wildman–Crippen MR) is 123 cm³/mol. The molecule has 0 aliphatic rings. The number of carbonyl (C=O) groups is 2. The van der Waals surface area contributed by atoms with Crippen LogP contribution in [0.1, 0.15) is 21.5 Å². The molecule has 35 heavy (non-hydrogen) atoms. The Balaban J connectivity index is 1.49. The molecule has 0 fully saturated rings. The van der Waals surface area contributed by atoms with E-state index in [0.717, 1.165) is 0 Å². The number of alkyl halides is 3. The molecule has 3 rings (SSSR count). The number of nitrogens with two attached hydrogens (primary N) is 2. The fraction of sp³-hybridized carbons (Fsp3) is 0.120. The number of anilines is 2. The molecule has 0 radical (unpaired) electrons. The Labute approximate surface area is 198 Å². The molecule has 0 atom stereocenters. The summed E-state index contributed by atoms with van der Waals surface area (Å²) in [6.45, 7) is -1.42. The van der Waals surface area contributed by atoms with E-state index in [9.17, 15) is 22.8 Å². The first kappa shape index (κ1) is 25.2. The SMILES string of the molecule is Nc1ccc(COC(=O)C=Cc2ccc(OC(=O)c3ccc(OCC(F)(F)F)cc3)cc2)c(N)c1. The Kier molecular flexibility index (Phi) is 7.98. The fourth-order valence-corrected chi connectivity index (χ4v) is 2.77. The molecule has 0 aromatic heterocycles. The average Bonchev–Trinajstić information content (AvgIpc) is 2.81. The van der Waals surface area contributed by atoms with Crippen LogP contribution in [0.2, 0.25) is 0 Å². The van der Waals surface area contributed by atoms with Crippen molar-refractivity contribution in [3.05, 3.63) is 89.5 Å². The third kappa shape index (κ3) is 8.11. The maximum Gasteiger partial charge on any atom is 0.422 e. The van der Waals surface area contributed by atoms with Crippen LogP contribution in [0, 0.1) is 0 Å². The molecule has 10 heteroatoms. The molecular formula is C25H21F3N2O5. The zero-order valence-corrected chi connectivity index (χ0v) is 18.2. The number of halogens is 3. The molecule has 0 bridgehead atoms. The number of hydrogen-bond acceptors (Lipinski definition) is 7. The fourth-order valence-electron chi connectivity index (χ4n) is 2.77. The predicted octanol–water partition coefficient (Wildman–Crippen LogP) is 4.77. The minimum absolute atomic E-state index is 0.000387. The van der Waals surface area contributed by atoms with Crippen molar-refractivity contribution in [2.45, 2.75) is 12.8 Å². The van der Waals surface area contributed by atoms with Crippen molar-refractivity contribution in [3.8, 4) is 11.5 Å². The zero-order valence-electron chi connectivity index (χ0n) is 18.2. The van der Waals surface area contributed by atoms with Crippen LogP contribution < -0.4 is 20.9 Å².